The number of para-hydroxylation sites is 1. The molecule has 3 rings (SSSR count). The lowest BCUT2D eigenvalue weighted by molar-refractivity contribution is -0.137. The molecule has 0 saturated carbocycles. The van der Waals surface area contributed by atoms with E-state index >= 15 is 0 Å². The molecule has 3 aromatic rings. The van der Waals surface area contributed by atoms with Crippen LogP contribution >= 0.6 is 0 Å². The van der Waals surface area contributed by atoms with Gasteiger partial charge in [-0.05, 0) is 38.4 Å². The Balaban J connectivity index is 1.82. The lowest BCUT2D eigenvalue weighted by Gasteiger charge is -2.12. The van der Waals surface area contributed by atoms with Gasteiger partial charge in [0.2, 0.25) is 5.82 Å². The third-order valence-electron chi connectivity index (χ3n) is 3.81. The molecule has 0 amide bonds. The second kappa shape index (κ2) is 7.79. The van der Waals surface area contributed by atoms with Crippen LogP contribution in [0.5, 0.6) is 5.75 Å². The van der Waals surface area contributed by atoms with Gasteiger partial charge in [-0.2, -0.15) is 18.2 Å². The molecular weight excluding hydrogens is 359 g/mol. The minimum Gasteiger partial charge on any atom is -0.491 e. The first-order valence-corrected chi connectivity index (χ1v) is 8.23. The maximum atomic E-state index is 12.7. The molecule has 0 aliphatic rings. The quantitative estimate of drug-likeness (QED) is 0.639. The Morgan fingerprint density at radius 3 is 2.41 bits per heavy atom. The Morgan fingerprint density at radius 2 is 1.74 bits per heavy atom. The van der Waals surface area contributed by atoms with Gasteiger partial charge in [-0.25, -0.2) is 0 Å². The third kappa shape index (κ3) is 4.65. The maximum Gasteiger partial charge on any atom is 0.416 e. The molecule has 0 saturated heterocycles. The van der Waals surface area contributed by atoms with Crippen LogP contribution in [-0.2, 0) is 6.18 Å². The zero-order chi connectivity index (χ0) is 19.4. The average molecular weight is 377 g/mol. The molecular formula is C19H18F3N3O2. The average Bonchev–Trinajstić information content (AvgIpc) is 3.11. The van der Waals surface area contributed by atoms with Crippen molar-refractivity contribution in [2.24, 2.45) is 0 Å². The summed E-state index contributed by atoms with van der Waals surface area (Å²) in [5.74, 6) is 1.05. The first-order chi connectivity index (χ1) is 12.8. The van der Waals surface area contributed by atoms with Crippen molar-refractivity contribution in [2.45, 2.75) is 6.18 Å². The number of likely N-dealkylation sites (N-methyl/N-ethyl adjacent to an activating group) is 1. The van der Waals surface area contributed by atoms with Crippen molar-refractivity contribution in [3.63, 3.8) is 0 Å². The van der Waals surface area contributed by atoms with Gasteiger partial charge < -0.3 is 14.2 Å². The van der Waals surface area contributed by atoms with E-state index in [2.05, 4.69) is 10.1 Å². The minimum atomic E-state index is -4.39. The maximum absolute atomic E-state index is 12.7. The van der Waals surface area contributed by atoms with Gasteiger partial charge in [-0.3, -0.25) is 0 Å². The molecule has 0 bridgehead atoms. The molecule has 8 heteroatoms. The van der Waals surface area contributed by atoms with Crippen molar-refractivity contribution in [3.05, 3.63) is 54.1 Å². The van der Waals surface area contributed by atoms with E-state index in [4.69, 9.17) is 9.26 Å². The fraction of sp³-hybridized carbons (Fsp3) is 0.263. The van der Waals surface area contributed by atoms with Crippen LogP contribution in [0.2, 0.25) is 0 Å². The van der Waals surface area contributed by atoms with Crippen LogP contribution in [0.4, 0.5) is 13.2 Å². The van der Waals surface area contributed by atoms with Crippen molar-refractivity contribution in [3.8, 4) is 28.6 Å². The Hall–Kier alpha value is -2.87. The van der Waals surface area contributed by atoms with Gasteiger partial charge in [0.25, 0.3) is 5.89 Å². The molecule has 0 N–H and O–H groups in total. The number of rotatable bonds is 6. The van der Waals surface area contributed by atoms with Gasteiger partial charge in [0.15, 0.2) is 0 Å². The number of hydrogen-bond donors (Lipinski definition) is 0. The largest absolute Gasteiger partial charge is 0.491 e. The lowest BCUT2D eigenvalue weighted by atomic mass is 10.1. The molecule has 0 atom stereocenters. The van der Waals surface area contributed by atoms with Crippen LogP contribution < -0.4 is 4.74 Å². The van der Waals surface area contributed by atoms with Gasteiger partial charge in [0.05, 0.1) is 11.1 Å². The Morgan fingerprint density at radius 1 is 1.04 bits per heavy atom. The number of hydrogen-bond acceptors (Lipinski definition) is 5. The SMILES string of the molecule is CN(C)CCOc1ccccc1-c1nc(-c2ccc(C(F)(F)F)cc2)no1. The molecule has 0 radical (unpaired) electrons. The summed E-state index contributed by atoms with van der Waals surface area (Å²) in [4.78, 5) is 6.30. The number of halogens is 3. The van der Waals surface area contributed by atoms with E-state index in [-0.39, 0.29) is 11.7 Å². The number of benzene rings is 2. The van der Waals surface area contributed by atoms with Crippen LogP contribution in [0.1, 0.15) is 5.56 Å². The number of alkyl halides is 3. The van der Waals surface area contributed by atoms with E-state index in [0.717, 1.165) is 18.7 Å². The number of ether oxygens (including phenoxy) is 1. The molecule has 0 spiro atoms. The molecule has 0 aliphatic heterocycles. The van der Waals surface area contributed by atoms with Gasteiger partial charge in [-0.15, -0.1) is 0 Å². The van der Waals surface area contributed by atoms with E-state index in [1.165, 1.54) is 12.1 Å². The highest BCUT2D eigenvalue weighted by molar-refractivity contribution is 5.65. The summed E-state index contributed by atoms with van der Waals surface area (Å²) < 4.78 is 49.1. The van der Waals surface area contributed by atoms with Crippen LogP contribution in [-0.4, -0.2) is 42.3 Å². The molecule has 0 aliphatic carbocycles. The number of aromatic nitrogens is 2. The topological polar surface area (TPSA) is 51.4 Å². The summed E-state index contributed by atoms with van der Waals surface area (Å²) in [6.45, 7) is 1.24. The molecule has 2 aromatic carbocycles. The van der Waals surface area contributed by atoms with Gasteiger partial charge in [0, 0.05) is 12.1 Å². The van der Waals surface area contributed by atoms with Crippen LogP contribution in [0.3, 0.4) is 0 Å². The number of nitrogens with zero attached hydrogens (tertiary/aromatic N) is 3. The van der Waals surface area contributed by atoms with E-state index in [9.17, 15) is 13.2 Å². The summed E-state index contributed by atoms with van der Waals surface area (Å²) in [6.07, 6.45) is -4.39. The van der Waals surface area contributed by atoms with E-state index in [0.29, 0.717) is 23.5 Å². The zero-order valence-corrected chi connectivity index (χ0v) is 14.8. The molecule has 27 heavy (non-hydrogen) atoms. The van der Waals surface area contributed by atoms with E-state index < -0.39 is 11.7 Å². The molecule has 1 heterocycles. The van der Waals surface area contributed by atoms with Crippen molar-refractivity contribution in [2.75, 3.05) is 27.2 Å². The van der Waals surface area contributed by atoms with Gasteiger partial charge >= 0.3 is 6.18 Å². The molecule has 0 fully saturated rings. The summed E-state index contributed by atoms with van der Waals surface area (Å²) in [5.41, 5.74) is 0.334. The highest BCUT2D eigenvalue weighted by atomic mass is 19.4. The van der Waals surface area contributed by atoms with Crippen LogP contribution in [0, 0.1) is 0 Å². The Bertz CT molecular complexity index is 890. The second-order valence-electron chi connectivity index (χ2n) is 6.15. The predicted octanol–water partition coefficient (Wildman–Crippen LogP) is 4.36. The van der Waals surface area contributed by atoms with Crippen molar-refractivity contribution in [1.82, 2.24) is 15.0 Å². The summed E-state index contributed by atoms with van der Waals surface area (Å²) in [7, 11) is 3.90. The van der Waals surface area contributed by atoms with E-state index in [1.54, 1.807) is 12.1 Å². The summed E-state index contributed by atoms with van der Waals surface area (Å²) >= 11 is 0. The Kier molecular flexibility index (Phi) is 5.46. The summed E-state index contributed by atoms with van der Waals surface area (Å²) in [6, 6.07) is 11.8. The van der Waals surface area contributed by atoms with Crippen LogP contribution in [0.25, 0.3) is 22.8 Å². The van der Waals surface area contributed by atoms with Crippen molar-refractivity contribution in [1.29, 1.82) is 0 Å². The highest BCUT2D eigenvalue weighted by Crippen LogP contribution is 2.32. The lowest BCUT2D eigenvalue weighted by Crippen LogP contribution is -2.19. The third-order valence-corrected chi connectivity index (χ3v) is 3.81. The first-order valence-electron chi connectivity index (χ1n) is 8.23. The summed E-state index contributed by atoms with van der Waals surface area (Å²) in [5, 5.41) is 3.87. The minimum absolute atomic E-state index is 0.210. The Labute approximate surface area is 154 Å². The van der Waals surface area contributed by atoms with Crippen molar-refractivity contribution >= 4 is 0 Å². The fourth-order valence-corrected chi connectivity index (χ4v) is 2.37. The van der Waals surface area contributed by atoms with Crippen LogP contribution in [0.15, 0.2) is 53.1 Å². The molecule has 142 valence electrons. The molecule has 1 aromatic heterocycles. The smallest absolute Gasteiger partial charge is 0.416 e. The molecule has 0 unspecified atom stereocenters. The molecule has 5 nitrogen and oxygen atoms in total. The predicted molar refractivity (Wildman–Crippen MR) is 94.2 cm³/mol. The monoisotopic (exact) mass is 377 g/mol. The van der Waals surface area contributed by atoms with Gasteiger partial charge in [-0.1, -0.05) is 29.4 Å². The zero-order valence-electron chi connectivity index (χ0n) is 14.8. The highest BCUT2D eigenvalue weighted by Gasteiger charge is 2.30. The van der Waals surface area contributed by atoms with Gasteiger partial charge in [0.1, 0.15) is 12.4 Å². The standard InChI is InChI=1S/C19H18F3N3O2/c1-25(2)11-12-26-16-6-4-3-5-15(16)18-23-17(24-27-18)13-7-9-14(10-8-13)19(20,21)22/h3-10H,11-12H2,1-2H3. The fourth-order valence-electron chi connectivity index (χ4n) is 2.37. The first kappa shape index (κ1) is 18.9. The normalized spacial score (nSPS) is 11.8. The second-order valence-corrected chi connectivity index (χ2v) is 6.15. The van der Waals surface area contributed by atoms with E-state index in [1.807, 2.05) is 31.1 Å². The van der Waals surface area contributed by atoms with Crippen molar-refractivity contribution < 1.29 is 22.4 Å².